The number of anilines is 1. The number of aromatic nitrogens is 2. The minimum Gasteiger partial charge on any atom is -0.538 e. The Balaban J connectivity index is 1.88. The summed E-state index contributed by atoms with van der Waals surface area (Å²) in [5.41, 5.74) is -0.771. The van der Waals surface area contributed by atoms with Crippen molar-refractivity contribution in [2.75, 3.05) is 11.1 Å². The fourth-order valence-electron chi connectivity index (χ4n) is 1.70. The van der Waals surface area contributed by atoms with Crippen molar-refractivity contribution < 1.29 is 32.3 Å². The van der Waals surface area contributed by atoms with Crippen LogP contribution in [0.3, 0.4) is 0 Å². The van der Waals surface area contributed by atoms with Gasteiger partial charge < -0.3 is 14.9 Å². The van der Waals surface area contributed by atoms with Gasteiger partial charge in [-0.2, -0.15) is 13.2 Å². The zero-order valence-corrected chi connectivity index (χ0v) is 12.7. The third kappa shape index (κ3) is 4.62. The number of aryl methyl sites for hydroxylation is 1. The molecule has 0 spiro atoms. The van der Waals surface area contributed by atoms with Gasteiger partial charge in [0.25, 0.3) is 5.03 Å². The highest BCUT2D eigenvalue weighted by Gasteiger charge is 2.30. The summed E-state index contributed by atoms with van der Waals surface area (Å²) < 4.78 is 43.4. The number of amides is 1. The molecule has 6 nitrogen and oxygen atoms in total. The monoisotopic (exact) mass is 347 g/mol. The molecule has 2 rings (SSSR count). The Morgan fingerprint density at radius 2 is 2.22 bits per heavy atom. The zero-order valence-electron chi connectivity index (χ0n) is 11.9. The first kappa shape index (κ1) is 17.1. The quantitative estimate of drug-likeness (QED) is 0.658. The van der Waals surface area contributed by atoms with Gasteiger partial charge in [0.1, 0.15) is 0 Å². The molecule has 1 aromatic heterocycles. The van der Waals surface area contributed by atoms with Gasteiger partial charge in [0.15, 0.2) is 13.0 Å². The molecule has 1 aromatic carbocycles. The van der Waals surface area contributed by atoms with Crippen molar-refractivity contribution in [3.8, 4) is 5.95 Å². The molecule has 0 radical (unpaired) electrons. The smallest absolute Gasteiger partial charge is 0.416 e. The van der Waals surface area contributed by atoms with Crippen molar-refractivity contribution in [1.29, 1.82) is 0 Å². The molecule has 10 heteroatoms. The lowest BCUT2D eigenvalue weighted by Crippen LogP contribution is -2.32. The number of rotatable bonds is 5. The van der Waals surface area contributed by atoms with E-state index < -0.39 is 23.6 Å². The highest BCUT2D eigenvalue weighted by Crippen LogP contribution is 2.30. The Hall–Kier alpha value is -2.23. The summed E-state index contributed by atoms with van der Waals surface area (Å²) in [5, 5.41) is 17.3. The maximum atomic E-state index is 12.6. The van der Waals surface area contributed by atoms with E-state index in [4.69, 9.17) is 0 Å². The molecule has 0 bridgehead atoms. The summed E-state index contributed by atoms with van der Waals surface area (Å²) in [5.74, 6) is -0.797. The van der Waals surface area contributed by atoms with E-state index in [0.29, 0.717) is 0 Å². The van der Waals surface area contributed by atoms with E-state index in [2.05, 4.69) is 15.1 Å². The average Bonchev–Trinajstić information content (AvgIpc) is 2.78. The summed E-state index contributed by atoms with van der Waals surface area (Å²) in [6.07, 6.45) is -4.45. The van der Waals surface area contributed by atoms with Crippen molar-refractivity contribution in [2.24, 2.45) is 7.05 Å². The Labute approximate surface area is 133 Å². The molecule has 0 aliphatic rings. The number of hydrogen-bond donors (Lipinski definition) is 1. The van der Waals surface area contributed by atoms with Crippen molar-refractivity contribution in [3.63, 3.8) is 0 Å². The molecule has 0 fully saturated rings. The van der Waals surface area contributed by atoms with E-state index in [1.165, 1.54) is 23.9 Å². The molecule has 0 saturated heterocycles. The van der Waals surface area contributed by atoms with E-state index in [-0.39, 0.29) is 22.9 Å². The van der Waals surface area contributed by atoms with Gasteiger partial charge in [-0.1, -0.05) is 22.5 Å². The topological polar surface area (TPSA) is 82.1 Å². The van der Waals surface area contributed by atoms with Crippen LogP contribution in [0.2, 0.25) is 0 Å². The maximum absolute atomic E-state index is 12.6. The highest BCUT2D eigenvalue weighted by molar-refractivity contribution is 7.99. The number of carbonyl (C=O) groups excluding carboxylic acids is 1. The molecule has 0 atom stereocenters. The normalized spacial score (nSPS) is 11.5. The van der Waals surface area contributed by atoms with Crippen LogP contribution in [0.25, 0.3) is 0 Å². The third-order valence-electron chi connectivity index (χ3n) is 2.76. The number of hydrogen-bond acceptors (Lipinski definition) is 5. The molecule has 0 unspecified atom stereocenters. The Bertz CT molecular complexity index is 684. The van der Waals surface area contributed by atoms with Gasteiger partial charge in [0.05, 0.1) is 10.8 Å². The first-order valence-corrected chi connectivity index (χ1v) is 7.39. The molecule has 23 heavy (non-hydrogen) atoms. The van der Waals surface area contributed by atoms with Crippen molar-refractivity contribution in [3.05, 3.63) is 29.8 Å². The minimum atomic E-state index is -4.47. The standard InChI is InChI=1S/C13H12F3N3O3S/c1-19-11(12(21)22-18-19)23-6-5-10(20)17-9-4-2-3-8(7-9)13(14,15)16/h2-4,7H,5-6H2,1H3,(H-,17,18,20,21). The van der Waals surface area contributed by atoms with Gasteiger partial charge >= 0.3 is 6.18 Å². The summed E-state index contributed by atoms with van der Waals surface area (Å²) in [4.78, 5) is 11.7. The predicted molar refractivity (Wildman–Crippen MR) is 72.5 cm³/mol. The number of carbonyl (C=O) groups is 1. The summed E-state index contributed by atoms with van der Waals surface area (Å²) in [6, 6.07) is 4.37. The van der Waals surface area contributed by atoms with Crippen molar-refractivity contribution in [2.45, 2.75) is 17.6 Å². The molecule has 0 saturated carbocycles. The molecule has 0 aliphatic carbocycles. The number of nitrogens with one attached hydrogen (secondary N) is 1. The lowest BCUT2D eigenvalue weighted by atomic mass is 10.2. The average molecular weight is 347 g/mol. The minimum absolute atomic E-state index is 0.0194. The molecule has 0 aliphatic heterocycles. The highest BCUT2D eigenvalue weighted by atomic mass is 32.2. The van der Waals surface area contributed by atoms with Crippen molar-refractivity contribution in [1.82, 2.24) is 5.27 Å². The van der Waals surface area contributed by atoms with Gasteiger partial charge in [0.2, 0.25) is 5.91 Å². The lowest BCUT2D eigenvalue weighted by molar-refractivity contribution is -0.772. The lowest BCUT2D eigenvalue weighted by Gasteiger charge is -2.09. The van der Waals surface area contributed by atoms with Crippen LogP contribution in [-0.4, -0.2) is 16.9 Å². The Morgan fingerprint density at radius 1 is 1.48 bits per heavy atom. The van der Waals surface area contributed by atoms with Crippen LogP contribution in [0, 0.1) is 0 Å². The molecule has 1 N–H and O–H groups in total. The number of halogens is 3. The third-order valence-corrected chi connectivity index (χ3v) is 3.87. The van der Waals surface area contributed by atoms with Crippen LogP contribution in [-0.2, 0) is 18.0 Å². The van der Waals surface area contributed by atoms with E-state index >= 15 is 0 Å². The molecular weight excluding hydrogens is 335 g/mol. The number of alkyl halides is 3. The second kappa shape index (κ2) is 6.90. The molecule has 124 valence electrons. The van der Waals surface area contributed by atoms with E-state index in [0.717, 1.165) is 23.9 Å². The summed E-state index contributed by atoms with van der Waals surface area (Å²) >= 11 is 1.08. The maximum Gasteiger partial charge on any atom is 0.416 e. The second-order valence-electron chi connectivity index (χ2n) is 4.51. The fraction of sp³-hybridized carbons (Fsp3) is 0.308. The van der Waals surface area contributed by atoms with Gasteiger partial charge in [0, 0.05) is 17.9 Å². The molecule has 1 heterocycles. The Kier molecular flexibility index (Phi) is 5.14. The van der Waals surface area contributed by atoms with Crippen LogP contribution >= 0.6 is 11.8 Å². The first-order chi connectivity index (χ1) is 10.8. The van der Waals surface area contributed by atoms with Gasteiger partial charge in [-0.3, -0.25) is 4.79 Å². The van der Waals surface area contributed by atoms with Crippen LogP contribution in [0.4, 0.5) is 18.9 Å². The Morgan fingerprint density at radius 3 is 2.83 bits per heavy atom. The number of nitrogens with zero attached hydrogens (tertiary/aromatic N) is 2. The molecule has 2 aromatic rings. The SMILES string of the molecule is C[n+]1noc([O-])c1SCCC(=O)Nc1cccc(C(F)(F)F)c1. The predicted octanol–water partition coefficient (Wildman–Crippen LogP) is 1.71. The van der Waals surface area contributed by atoms with Crippen LogP contribution in [0.1, 0.15) is 12.0 Å². The van der Waals surface area contributed by atoms with Gasteiger partial charge in [-0.25, -0.2) is 0 Å². The second-order valence-corrected chi connectivity index (χ2v) is 5.60. The number of thioether (sulfide) groups is 1. The summed E-state index contributed by atoms with van der Waals surface area (Å²) in [7, 11) is 1.52. The van der Waals surface area contributed by atoms with Crippen molar-refractivity contribution >= 4 is 23.4 Å². The van der Waals surface area contributed by atoms with Gasteiger partial charge in [-0.15, -0.1) is 0 Å². The largest absolute Gasteiger partial charge is 0.538 e. The molecule has 1 amide bonds. The van der Waals surface area contributed by atoms with Gasteiger partial charge in [-0.05, 0) is 18.2 Å². The fourth-order valence-corrected chi connectivity index (χ4v) is 2.55. The van der Waals surface area contributed by atoms with Crippen LogP contribution < -0.4 is 15.1 Å². The van der Waals surface area contributed by atoms with Crippen LogP contribution in [0.15, 0.2) is 33.8 Å². The van der Waals surface area contributed by atoms with Crippen LogP contribution in [0.5, 0.6) is 5.95 Å². The van der Waals surface area contributed by atoms with E-state index in [1.54, 1.807) is 0 Å². The van der Waals surface area contributed by atoms with E-state index in [1.807, 2.05) is 0 Å². The van der Waals surface area contributed by atoms with E-state index in [9.17, 15) is 23.1 Å². The number of benzene rings is 1. The summed E-state index contributed by atoms with van der Waals surface area (Å²) in [6.45, 7) is 0. The first-order valence-electron chi connectivity index (χ1n) is 6.40. The molecular formula is C13H12F3N3O3S. The zero-order chi connectivity index (χ0) is 17.0.